The lowest BCUT2D eigenvalue weighted by molar-refractivity contribution is -0.397. The molecule has 0 unspecified atom stereocenters. The van der Waals surface area contributed by atoms with Gasteiger partial charge in [-0.3, -0.25) is 0 Å². The van der Waals surface area contributed by atoms with E-state index < -0.39 is 149 Å². The van der Waals surface area contributed by atoms with Crippen molar-refractivity contribution in [2.45, 2.75) is 123 Å². The maximum Gasteiger partial charge on any atom is 0.189 e. The summed E-state index contributed by atoms with van der Waals surface area (Å²) in [7, 11) is 0. The van der Waals surface area contributed by atoms with Crippen LogP contribution in [0.15, 0.2) is 0 Å². The summed E-state index contributed by atoms with van der Waals surface area (Å²) in [4.78, 5) is 0. The molecule has 4 aliphatic heterocycles. The Morgan fingerprint density at radius 2 is 0.578 bits per heavy atom. The highest BCUT2D eigenvalue weighted by Gasteiger charge is 2.55. The molecule has 21 heteroatoms. The molecule has 0 spiro atoms. The molecule has 0 bridgehead atoms. The van der Waals surface area contributed by atoms with Crippen molar-refractivity contribution in [3.05, 3.63) is 0 Å². The highest BCUT2D eigenvalue weighted by Crippen LogP contribution is 2.34. The molecule has 0 aromatic rings. The Hall–Kier alpha value is -0.840. The molecule has 4 saturated heterocycles. The molecule has 45 heavy (non-hydrogen) atoms. The van der Waals surface area contributed by atoms with E-state index >= 15 is 0 Å². The van der Waals surface area contributed by atoms with Gasteiger partial charge in [0.1, 0.15) is 97.7 Å². The molecule has 4 heterocycles. The minimum atomic E-state index is -2.05. The standard InChI is InChI=1S/C24H42O21/c25-1-5-9(29)13(33)15(35)21(39-5)44-23-17(37)19(11(31)7(3-27)41-23)43-20-12(32)8(4-28)42-24(18(20)38)45-22-16(36)14(34)10(30)6(2-26)40-22/h5-38H,1-4H2/t5-,6-,7-,8-,9-,10-,11-,12-,13+,14+,15-,16-,17-,18-,19+,20+,21-,22-,23-,24-/m1/s1. The Morgan fingerprint density at radius 3 is 0.867 bits per heavy atom. The van der Waals surface area contributed by atoms with Gasteiger partial charge in [-0.2, -0.15) is 0 Å². The Morgan fingerprint density at radius 1 is 0.311 bits per heavy atom. The molecule has 21 nitrogen and oxygen atoms in total. The first-order chi connectivity index (χ1) is 21.3. The van der Waals surface area contributed by atoms with Gasteiger partial charge in [0.05, 0.1) is 26.4 Å². The topological polar surface area (TPSA) is 348 Å². The third-order valence-corrected chi connectivity index (χ3v) is 8.19. The van der Waals surface area contributed by atoms with Crippen LogP contribution in [-0.4, -0.2) is 221 Å². The first kappa shape index (κ1) is 37.0. The predicted molar refractivity (Wildman–Crippen MR) is 134 cm³/mol. The summed E-state index contributed by atoms with van der Waals surface area (Å²) < 4.78 is 37.7. The van der Waals surface area contributed by atoms with Gasteiger partial charge in [0.2, 0.25) is 0 Å². The zero-order valence-electron chi connectivity index (χ0n) is 23.5. The van der Waals surface area contributed by atoms with Gasteiger partial charge in [-0.05, 0) is 0 Å². The van der Waals surface area contributed by atoms with Crippen molar-refractivity contribution in [2.24, 2.45) is 0 Å². The van der Waals surface area contributed by atoms with Gasteiger partial charge >= 0.3 is 0 Å². The molecule has 4 fully saturated rings. The van der Waals surface area contributed by atoms with E-state index in [0.717, 1.165) is 0 Å². The number of aliphatic hydroxyl groups excluding tert-OH is 14. The van der Waals surface area contributed by atoms with Gasteiger partial charge in [-0.25, -0.2) is 0 Å². The van der Waals surface area contributed by atoms with Crippen LogP contribution in [0, 0.1) is 0 Å². The zero-order valence-corrected chi connectivity index (χ0v) is 23.5. The first-order valence-electron chi connectivity index (χ1n) is 14.1. The summed E-state index contributed by atoms with van der Waals surface area (Å²) in [6.07, 6.45) is -36.0. The number of hydrogen-bond acceptors (Lipinski definition) is 21. The average Bonchev–Trinajstić information content (AvgIpc) is 3.03. The Labute approximate surface area is 254 Å². The Bertz CT molecular complexity index is 844. The third kappa shape index (κ3) is 7.44. The molecule has 264 valence electrons. The molecular weight excluding hydrogens is 624 g/mol. The van der Waals surface area contributed by atoms with Crippen LogP contribution in [0.2, 0.25) is 0 Å². The molecule has 0 saturated carbocycles. The maximum atomic E-state index is 11.1. The van der Waals surface area contributed by atoms with Crippen LogP contribution in [-0.2, 0) is 33.2 Å². The van der Waals surface area contributed by atoms with Crippen molar-refractivity contribution >= 4 is 0 Å². The van der Waals surface area contributed by atoms with E-state index in [1.165, 1.54) is 0 Å². The highest BCUT2D eigenvalue weighted by molar-refractivity contribution is 4.98. The van der Waals surface area contributed by atoms with Crippen LogP contribution in [0.3, 0.4) is 0 Å². The molecule has 0 aliphatic carbocycles. The van der Waals surface area contributed by atoms with Gasteiger partial charge < -0.3 is 105 Å². The lowest BCUT2D eigenvalue weighted by atomic mass is 9.95. The van der Waals surface area contributed by atoms with E-state index in [4.69, 9.17) is 33.2 Å². The third-order valence-electron chi connectivity index (χ3n) is 8.19. The van der Waals surface area contributed by atoms with Crippen LogP contribution in [0.1, 0.15) is 0 Å². The summed E-state index contributed by atoms with van der Waals surface area (Å²) in [6.45, 7) is -3.41. The highest BCUT2D eigenvalue weighted by atomic mass is 16.8. The van der Waals surface area contributed by atoms with Crippen molar-refractivity contribution in [2.75, 3.05) is 26.4 Å². The summed E-state index contributed by atoms with van der Waals surface area (Å²) >= 11 is 0. The lowest BCUT2D eigenvalue weighted by Gasteiger charge is -2.49. The van der Waals surface area contributed by atoms with E-state index in [1.807, 2.05) is 0 Å². The summed E-state index contributed by atoms with van der Waals surface area (Å²) in [5.41, 5.74) is 0. The van der Waals surface area contributed by atoms with Gasteiger partial charge in [0.25, 0.3) is 0 Å². The molecule has 4 rings (SSSR count). The molecule has 4 aliphatic rings. The number of hydrogen-bond donors (Lipinski definition) is 14. The van der Waals surface area contributed by atoms with Crippen LogP contribution < -0.4 is 0 Å². The van der Waals surface area contributed by atoms with Crippen LogP contribution in [0.5, 0.6) is 0 Å². The first-order valence-corrected chi connectivity index (χ1v) is 14.1. The van der Waals surface area contributed by atoms with E-state index in [-0.39, 0.29) is 0 Å². The van der Waals surface area contributed by atoms with E-state index in [0.29, 0.717) is 0 Å². The van der Waals surface area contributed by atoms with E-state index in [9.17, 15) is 71.5 Å². The smallest absolute Gasteiger partial charge is 0.189 e. The van der Waals surface area contributed by atoms with E-state index in [1.54, 1.807) is 0 Å². The van der Waals surface area contributed by atoms with Crippen molar-refractivity contribution < 1.29 is 105 Å². The second kappa shape index (κ2) is 15.6. The van der Waals surface area contributed by atoms with E-state index in [2.05, 4.69) is 0 Å². The van der Waals surface area contributed by atoms with Crippen molar-refractivity contribution in [1.82, 2.24) is 0 Å². The Kier molecular flexibility index (Phi) is 12.8. The van der Waals surface area contributed by atoms with Crippen molar-refractivity contribution in [3.8, 4) is 0 Å². The summed E-state index contributed by atoms with van der Waals surface area (Å²) in [5.74, 6) is 0. The molecule has 14 N–H and O–H groups in total. The fraction of sp³-hybridized carbons (Fsp3) is 1.00. The summed E-state index contributed by atoms with van der Waals surface area (Å²) in [5, 5.41) is 143. The maximum absolute atomic E-state index is 11.1. The molecule has 0 amide bonds. The van der Waals surface area contributed by atoms with Crippen LogP contribution in [0.25, 0.3) is 0 Å². The van der Waals surface area contributed by atoms with Gasteiger partial charge in [0.15, 0.2) is 25.2 Å². The second-order valence-electron chi connectivity index (χ2n) is 11.1. The fourth-order valence-electron chi connectivity index (χ4n) is 5.46. The quantitative estimate of drug-likeness (QED) is 0.103. The minimum Gasteiger partial charge on any atom is -0.394 e. The van der Waals surface area contributed by atoms with Crippen molar-refractivity contribution in [3.63, 3.8) is 0 Å². The molecule has 0 aromatic carbocycles. The second-order valence-corrected chi connectivity index (χ2v) is 11.1. The fourth-order valence-corrected chi connectivity index (χ4v) is 5.46. The number of aliphatic hydroxyl groups is 14. The van der Waals surface area contributed by atoms with Gasteiger partial charge in [0, 0.05) is 0 Å². The zero-order chi connectivity index (χ0) is 33.3. The SMILES string of the molecule is OC[C@H]1O[C@H](O[C@H]2O[C@H](CO)[C@@H](O)[C@H](O[C@@H]3[C@@H](O)[C@@H](O[C@H]4O[C@H](CO)[C@@H](O)[C@H](O)[C@H]4O)O[C@H](CO)[C@H]3O)[C@H]2O)[C@H](O)[C@@H](O)[C@@H]1O. The molecule has 0 radical (unpaired) electrons. The minimum absolute atomic E-state index is 0.805. The lowest BCUT2D eigenvalue weighted by Crippen LogP contribution is -2.67. The average molecular weight is 667 g/mol. The van der Waals surface area contributed by atoms with Gasteiger partial charge in [-0.1, -0.05) is 0 Å². The van der Waals surface area contributed by atoms with Crippen LogP contribution >= 0.6 is 0 Å². The monoisotopic (exact) mass is 666 g/mol. The van der Waals surface area contributed by atoms with Crippen molar-refractivity contribution in [1.29, 1.82) is 0 Å². The van der Waals surface area contributed by atoms with Crippen LogP contribution in [0.4, 0.5) is 0 Å². The van der Waals surface area contributed by atoms with Gasteiger partial charge in [-0.15, -0.1) is 0 Å². The predicted octanol–water partition coefficient (Wildman–Crippen LogP) is -9.75. The summed E-state index contributed by atoms with van der Waals surface area (Å²) in [6, 6.07) is 0. The number of ether oxygens (including phenoxy) is 7. The molecule has 0 aromatic heterocycles. The Balaban J connectivity index is 1.52. The number of rotatable bonds is 10. The normalized spacial score (nSPS) is 52.9. The largest absolute Gasteiger partial charge is 0.394 e. The molecule has 20 atom stereocenters. The molecular formula is C24H42O21.